The van der Waals surface area contributed by atoms with Crippen molar-refractivity contribution in [3.8, 4) is 0 Å². The maximum Gasteiger partial charge on any atom is 0.144 e. The highest BCUT2D eigenvalue weighted by Gasteiger charge is 2.13. The van der Waals surface area contributed by atoms with Gasteiger partial charge in [-0.2, -0.15) is 0 Å². The number of anilines is 1. The summed E-state index contributed by atoms with van der Waals surface area (Å²) >= 11 is 3.67. The summed E-state index contributed by atoms with van der Waals surface area (Å²) < 4.78 is 1.04. The molecule has 0 unspecified atom stereocenters. The first-order valence-electron chi connectivity index (χ1n) is 7.73. The Kier molecular flexibility index (Phi) is 7.49. The second-order valence-electron chi connectivity index (χ2n) is 6.21. The van der Waals surface area contributed by atoms with Gasteiger partial charge < -0.3 is 5.32 Å². The topological polar surface area (TPSA) is 37.8 Å². The van der Waals surface area contributed by atoms with E-state index in [1.807, 2.05) is 0 Å². The molecule has 0 aromatic carbocycles. The van der Waals surface area contributed by atoms with Crippen LogP contribution in [0.1, 0.15) is 59.0 Å². The van der Waals surface area contributed by atoms with Crippen molar-refractivity contribution < 1.29 is 0 Å². The fourth-order valence-corrected chi connectivity index (χ4v) is 2.44. The van der Waals surface area contributed by atoms with Gasteiger partial charge in [0.05, 0.1) is 10.2 Å². The second-order valence-corrected chi connectivity index (χ2v) is 7.00. The largest absolute Gasteiger partial charge is 0.369 e. The molecule has 0 aliphatic carbocycles. The molecule has 1 rings (SSSR count). The van der Waals surface area contributed by atoms with E-state index in [2.05, 4.69) is 60.8 Å². The van der Waals surface area contributed by atoms with Crippen molar-refractivity contribution in [1.82, 2.24) is 9.97 Å². The van der Waals surface area contributed by atoms with Crippen LogP contribution < -0.4 is 5.32 Å². The van der Waals surface area contributed by atoms with Gasteiger partial charge in [-0.15, -0.1) is 0 Å². The van der Waals surface area contributed by atoms with Crippen molar-refractivity contribution in [2.24, 2.45) is 11.8 Å². The van der Waals surface area contributed by atoms with Gasteiger partial charge in [0.1, 0.15) is 11.6 Å². The molecule has 0 bridgehead atoms. The standard InChI is InChI=1S/C16H28BrN3/c1-6-9-18-16-15(17)13(10-12(4)5)19-14(20-16)8-7-11(2)3/h11-12H,6-10H2,1-5H3,(H,18,19,20). The third kappa shape index (κ3) is 5.78. The molecule has 1 aromatic rings. The summed E-state index contributed by atoms with van der Waals surface area (Å²) in [6, 6.07) is 0. The van der Waals surface area contributed by atoms with Crippen LogP contribution >= 0.6 is 15.9 Å². The number of nitrogens with zero attached hydrogens (tertiary/aromatic N) is 2. The summed E-state index contributed by atoms with van der Waals surface area (Å²) in [5.41, 5.74) is 1.13. The zero-order chi connectivity index (χ0) is 15.1. The molecule has 0 atom stereocenters. The lowest BCUT2D eigenvalue weighted by Crippen LogP contribution is -2.11. The molecule has 0 fully saturated rings. The Morgan fingerprint density at radius 1 is 1.10 bits per heavy atom. The minimum atomic E-state index is 0.596. The number of aromatic nitrogens is 2. The predicted molar refractivity (Wildman–Crippen MR) is 90.2 cm³/mol. The summed E-state index contributed by atoms with van der Waals surface area (Å²) in [7, 11) is 0. The van der Waals surface area contributed by atoms with Gasteiger partial charge in [0.15, 0.2) is 0 Å². The van der Waals surface area contributed by atoms with Crippen molar-refractivity contribution in [2.75, 3.05) is 11.9 Å². The Morgan fingerprint density at radius 3 is 2.35 bits per heavy atom. The molecule has 114 valence electrons. The van der Waals surface area contributed by atoms with Crippen LogP contribution in [0.4, 0.5) is 5.82 Å². The highest BCUT2D eigenvalue weighted by Crippen LogP contribution is 2.26. The quantitative estimate of drug-likeness (QED) is 0.734. The van der Waals surface area contributed by atoms with E-state index in [0.29, 0.717) is 11.8 Å². The third-order valence-corrected chi connectivity index (χ3v) is 3.89. The first kappa shape index (κ1) is 17.4. The molecule has 0 saturated carbocycles. The van der Waals surface area contributed by atoms with Crippen molar-refractivity contribution >= 4 is 21.7 Å². The van der Waals surface area contributed by atoms with Crippen LogP contribution in [0.25, 0.3) is 0 Å². The van der Waals surface area contributed by atoms with Gasteiger partial charge in [-0.05, 0) is 47.0 Å². The van der Waals surface area contributed by atoms with Gasteiger partial charge in [-0.1, -0.05) is 34.6 Å². The normalized spacial score (nSPS) is 11.4. The lowest BCUT2D eigenvalue weighted by molar-refractivity contribution is 0.569. The lowest BCUT2D eigenvalue weighted by Gasteiger charge is -2.14. The second kappa shape index (κ2) is 8.60. The van der Waals surface area contributed by atoms with E-state index >= 15 is 0 Å². The number of hydrogen-bond acceptors (Lipinski definition) is 3. The summed E-state index contributed by atoms with van der Waals surface area (Å²) in [5.74, 6) is 3.20. The highest BCUT2D eigenvalue weighted by molar-refractivity contribution is 9.10. The van der Waals surface area contributed by atoms with E-state index in [0.717, 1.165) is 54.0 Å². The van der Waals surface area contributed by atoms with E-state index < -0.39 is 0 Å². The van der Waals surface area contributed by atoms with Crippen LogP contribution in [-0.2, 0) is 12.8 Å². The summed E-state index contributed by atoms with van der Waals surface area (Å²) in [4.78, 5) is 9.44. The summed E-state index contributed by atoms with van der Waals surface area (Å²) in [6.07, 6.45) is 4.17. The number of rotatable bonds is 8. The number of hydrogen-bond donors (Lipinski definition) is 1. The van der Waals surface area contributed by atoms with Crippen LogP contribution in [0.15, 0.2) is 4.47 Å². The summed E-state index contributed by atoms with van der Waals surface area (Å²) in [6.45, 7) is 12.0. The predicted octanol–water partition coefficient (Wildman–Crippen LogP) is 4.85. The smallest absolute Gasteiger partial charge is 0.144 e. The van der Waals surface area contributed by atoms with Crippen LogP contribution in [-0.4, -0.2) is 16.5 Å². The fourth-order valence-electron chi connectivity index (χ4n) is 1.96. The molecular weight excluding hydrogens is 314 g/mol. The van der Waals surface area contributed by atoms with Gasteiger partial charge in [0.25, 0.3) is 0 Å². The zero-order valence-corrected chi connectivity index (χ0v) is 15.0. The lowest BCUT2D eigenvalue weighted by atomic mass is 10.1. The highest BCUT2D eigenvalue weighted by atomic mass is 79.9. The first-order chi connectivity index (χ1) is 9.43. The van der Waals surface area contributed by atoms with E-state index in [9.17, 15) is 0 Å². The Hall–Kier alpha value is -0.640. The molecule has 0 spiro atoms. The Morgan fingerprint density at radius 2 is 1.80 bits per heavy atom. The van der Waals surface area contributed by atoms with Crippen molar-refractivity contribution in [3.63, 3.8) is 0 Å². The average Bonchev–Trinajstić information content (AvgIpc) is 2.37. The zero-order valence-electron chi connectivity index (χ0n) is 13.5. The maximum atomic E-state index is 4.76. The molecule has 1 heterocycles. The molecule has 1 aromatic heterocycles. The first-order valence-corrected chi connectivity index (χ1v) is 8.52. The number of aryl methyl sites for hydroxylation is 1. The molecule has 0 amide bonds. The van der Waals surface area contributed by atoms with E-state index in [1.54, 1.807) is 0 Å². The van der Waals surface area contributed by atoms with Crippen molar-refractivity contribution in [2.45, 2.75) is 60.3 Å². The van der Waals surface area contributed by atoms with Crippen LogP contribution in [0.3, 0.4) is 0 Å². The molecule has 20 heavy (non-hydrogen) atoms. The monoisotopic (exact) mass is 341 g/mol. The SMILES string of the molecule is CCCNc1nc(CCC(C)C)nc(CC(C)C)c1Br. The van der Waals surface area contributed by atoms with E-state index in [-0.39, 0.29) is 0 Å². The van der Waals surface area contributed by atoms with Gasteiger partial charge in [-0.3, -0.25) is 0 Å². The number of nitrogens with one attached hydrogen (secondary N) is 1. The van der Waals surface area contributed by atoms with E-state index in [4.69, 9.17) is 4.98 Å². The van der Waals surface area contributed by atoms with Crippen molar-refractivity contribution in [3.05, 3.63) is 16.0 Å². The number of halogens is 1. The van der Waals surface area contributed by atoms with Gasteiger partial charge in [-0.25, -0.2) is 9.97 Å². The third-order valence-electron chi connectivity index (χ3n) is 3.06. The Labute approximate surface area is 132 Å². The van der Waals surface area contributed by atoms with E-state index in [1.165, 1.54) is 0 Å². The van der Waals surface area contributed by atoms with Crippen LogP contribution in [0.5, 0.6) is 0 Å². The molecule has 0 aliphatic rings. The molecule has 3 nitrogen and oxygen atoms in total. The molecule has 0 aliphatic heterocycles. The van der Waals surface area contributed by atoms with Crippen LogP contribution in [0.2, 0.25) is 0 Å². The Balaban J connectivity index is 2.98. The molecule has 0 radical (unpaired) electrons. The molecular formula is C16H28BrN3. The Bertz CT molecular complexity index is 416. The van der Waals surface area contributed by atoms with Crippen LogP contribution in [0, 0.1) is 11.8 Å². The summed E-state index contributed by atoms with van der Waals surface area (Å²) in [5, 5.41) is 3.41. The van der Waals surface area contributed by atoms with Gasteiger partial charge >= 0.3 is 0 Å². The molecule has 1 N–H and O–H groups in total. The fraction of sp³-hybridized carbons (Fsp3) is 0.750. The minimum absolute atomic E-state index is 0.596. The van der Waals surface area contributed by atoms with Gasteiger partial charge in [0.2, 0.25) is 0 Å². The molecule has 4 heteroatoms. The maximum absolute atomic E-state index is 4.76. The van der Waals surface area contributed by atoms with Gasteiger partial charge in [0, 0.05) is 13.0 Å². The minimum Gasteiger partial charge on any atom is -0.369 e. The average molecular weight is 342 g/mol. The molecule has 0 saturated heterocycles. The van der Waals surface area contributed by atoms with Crippen molar-refractivity contribution in [1.29, 1.82) is 0 Å².